The Kier molecular flexibility index (Phi) is 4.88. The lowest BCUT2D eigenvalue weighted by Gasteiger charge is -2.26. The maximum atomic E-state index is 12.3. The fourth-order valence-electron chi connectivity index (χ4n) is 2.98. The fraction of sp³-hybridized carbons (Fsp3) is 0.714. The summed E-state index contributed by atoms with van der Waals surface area (Å²) in [5.74, 6) is 1.17. The first-order valence-electron chi connectivity index (χ1n) is 7.27. The van der Waals surface area contributed by atoms with Gasteiger partial charge in [0.2, 0.25) is 10.0 Å². The topological polar surface area (TPSA) is 77.1 Å². The van der Waals surface area contributed by atoms with Crippen LogP contribution in [0.2, 0.25) is 0 Å². The van der Waals surface area contributed by atoms with Gasteiger partial charge in [-0.1, -0.05) is 19.8 Å². The highest BCUT2D eigenvalue weighted by atomic mass is 32.2. The first-order chi connectivity index (χ1) is 9.42. The number of nitrogens with zero attached hydrogens (tertiary/aromatic N) is 1. The zero-order valence-corrected chi connectivity index (χ0v) is 13.1. The van der Waals surface area contributed by atoms with Crippen LogP contribution >= 0.6 is 0 Å². The number of rotatable bonds is 5. The molecule has 0 bridgehead atoms. The van der Waals surface area contributed by atoms with E-state index in [1.807, 2.05) is 7.05 Å². The van der Waals surface area contributed by atoms with Gasteiger partial charge in [0.15, 0.2) is 0 Å². The van der Waals surface area contributed by atoms with Crippen molar-refractivity contribution in [3.63, 3.8) is 0 Å². The van der Waals surface area contributed by atoms with Crippen LogP contribution < -0.4 is 10.5 Å². The van der Waals surface area contributed by atoms with E-state index in [2.05, 4.69) is 11.6 Å². The molecule has 3 N–H and O–H groups in total. The van der Waals surface area contributed by atoms with Gasteiger partial charge in [-0.15, -0.1) is 0 Å². The highest BCUT2D eigenvalue weighted by Gasteiger charge is 2.22. The predicted molar refractivity (Wildman–Crippen MR) is 79.6 cm³/mol. The Hall–Kier alpha value is -0.850. The number of hydrogen-bond donors (Lipinski definition) is 2. The molecule has 0 amide bonds. The van der Waals surface area contributed by atoms with Crippen molar-refractivity contribution in [3.05, 3.63) is 18.0 Å². The number of aromatic nitrogens is 1. The highest BCUT2D eigenvalue weighted by Crippen LogP contribution is 2.28. The summed E-state index contributed by atoms with van der Waals surface area (Å²) in [6, 6.07) is 1.64. The van der Waals surface area contributed by atoms with Gasteiger partial charge in [0.1, 0.15) is 0 Å². The molecule has 5 nitrogen and oxygen atoms in total. The van der Waals surface area contributed by atoms with Crippen molar-refractivity contribution >= 4 is 10.0 Å². The van der Waals surface area contributed by atoms with Crippen LogP contribution in [-0.4, -0.2) is 19.5 Å². The summed E-state index contributed by atoms with van der Waals surface area (Å²) in [6.07, 6.45) is 6.33. The summed E-state index contributed by atoms with van der Waals surface area (Å²) in [5.41, 5.74) is 6.39. The molecule has 2 unspecified atom stereocenters. The summed E-state index contributed by atoms with van der Waals surface area (Å²) in [6.45, 7) is 3.12. The molecule has 2 rings (SSSR count). The lowest BCUT2D eigenvalue weighted by molar-refractivity contribution is 0.283. The Labute approximate surface area is 121 Å². The summed E-state index contributed by atoms with van der Waals surface area (Å²) in [5, 5.41) is 0. The van der Waals surface area contributed by atoms with Crippen molar-refractivity contribution in [2.24, 2.45) is 24.6 Å². The Morgan fingerprint density at radius 2 is 2.20 bits per heavy atom. The van der Waals surface area contributed by atoms with E-state index in [-0.39, 0.29) is 0 Å². The van der Waals surface area contributed by atoms with Gasteiger partial charge >= 0.3 is 0 Å². The van der Waals surface area contributed by atoms with Gasteiger partial charge in [-0.2, -0.15) is 0 Å². The third-order valence-corrected chi connectivity index (χ3v) is 5.60. The third-order valence-electron chi connectivity index (χ3n) is 4.21. The molecule has 0 saturated heterocycles. The molecule has 0 aromatic carbocycles. The Morgan fingerprint density at radius 3 is 2.80 bits per heavy atom. The zero-order chi connectivity index (χ0) is 14.8. The van der Waals surface area contributed by atoms with E-state index in [0.717, 1.165) is 18.5 Å². The van der Waals surface area contributed by atoms with Crippen LogP contribution in [0, 0.1) is 11.8 Å². The van der Waals surface area contributed by atoms with Gasteiger partial charge in [0, 0.05) is 32.0 Å². The molecule has 2 atom stereocenters. The Balaban J connectivity index is 1.99. The van der Waals surface area contributed by atoms with Gasteiger partial charge < -0.3 is 10.3 Å². The van der Waals surface area contributed by atoms with E-state index in [0.29, 0.717) is 29.8 Å². The van der Waals surface area contributed by atoms with Crippen LogP contribution in [0.5, 0.6) is 0 Å². The van der Waals surface area contributed by atoms with E-state index in [1.54, 1.807) is 16.8 Å². The molecule has 0 spiro atoms. The Morgan fingerprint density at radius 1 is 1.45 bits per heavy atom. The molecule has 0 aliphatic heterocycles. The minimum Gasteiger partial charge on any atom is -0.352 e. The molecule has 1 aliphatic rings. The lowest BCUT2D eigenvalue weighted by atomic mass is 9.83. The van der Waals surface area contributed by atoms with E-state index < -0.39 is 10.0 Å². The smallest absolute Gasteiger partial charge is 0.242 e. The average Bonchev–Trinajstić information content (AvgIpc) is 2.79. The molecule has 1 aliphatic carbocycles. The number of sulfonamides is 1. The van der Waals surface area contributed by atoms with Gasteiger partial charge in [-0.3, -0.25) is 0 Å². The first kappa shape index (κ1) is 15.5. The first-order valence-corrected chi connectivity index (χ1v) is 8.75. The number of hydrogen-bond acceptors (Lipinski definition) is 3. The predicted octanol–water partition coefficient (Wildman–Crippen LogP) is 1.59. The minimum atomic E-state index is -3.42. The van der Waals surface area contributed by atoms with E-state index in [1.165, 1.54) is 12.8 Å². The van der Waals surface area contributed by atoms with Crippen LogP contribution in [0.4, 0.5) is 0 Å². The Bertz CT molecular complexity index is 551. The molecule has 114 valence electrons. The molecular formula is C14H25N3O2S. The maximum absolute atomic E-state index is 12.3. The molecule has 6 heteroatoms. The third kappa shape index (κ3) is 3.62. The monoisotopic (exact) mass is 299 g/mol. The largest absolute Gasteiger partial charge is 0.352 e. The molecule has 1 fully saturated rings. The standard InChI is InChI=1S/C14H25N3O2S/c1-11-4-3-5-12(6-11)9-16-20(18,19)14-7-13(8-15)17(2)10-14/h7,10-12,16H,3-6,8-9,15H2,1-2H3. The SMILES string of the molecule is CC1CCCC(CNS(=O)(=O)c2cc(CN)n(C)c2)C1. The fourth-order valence-corrected chi connectivity index (χ4v) is 4.19. The van der Waals surface area contributed by atoms with Crippen molar-refractivity contribution in [1.29, 1.82) is 0 Å². The second-order valence-corrected chi connectivity index (χ2v) is 7.74. The quantitative estimate of drug-likeness (QED) is 0.866. The molecule has 0 radical (unpaired) electrons. The van der Waals surface area contributed by atoms with Gasteiger partial charge in [0.05, 0.1) is 4.90 Å². The minimum absolute atomic E-state index is 0.310. The van der Waals surface area contributed by atoms with Gasteiger partial charge in [-0.25, -0.2) is 13.1 Å². The van der Waals surface area contributed by atoms with Crippen molar-refractivity contribution < 1.29 is 8.42 Å². The molecule has 1 saturated carbocycles. The summed E-state index contributed by atoms with van der Waals surface area (Å²) in [4.78, 5) is 0.310. The van der Waals surface area contributed by atoms with Crippen molar-refractivity contribution in [2.45, 2.75) is 44.0 Å². The zero-order valence-electron chi connectivity index (χ0n) is 12.3. The van der Waals surface area contributed by atoms with Crippen LogP contribution in [0.1, 0.15) is 38.3 Å². The van der Waals surface area contributed by atoms with Crippen LogP contribution in [0.3, 0.4) is 0 Å². The summed E-state index contributed by atoms with van der Waals surface area (Å²) < 4.78 is 29.1. The second kappa shape index (κ2) is 6.28. The molecular weight excluding hydrogens is 274 g/mol. The summed E-state index contributed by atoms with van der Waals surface area (Å²) in [7, 11) is -1.61. The van der Waals surface area contributed by atoms with Crippen LogP contribution in [0.25, 0.3) is 0 Å². The van der Waals surface area contributed by atoms with E-state index >= 15 is 0 Å². The molecule has 1 heterocycles. The van der Waals surface area contributed by atoms with Crippen molar-refractivity contribution in [2.75, 3.05) is 6.54 Å². The van der Waals surface area contributed by atoms with Crippen LogP contribution in [-0.2, 0) is 23.6 Å². The average molecular weight is 299 g/mol. The second-order valence-electron chi connectivity index (χ2n) is 5.97. The van der Waals surface area contributed by atoms with Gasteiger partial charge in [0.25, 0.3) is 0 Å². The highest BCUT2D eigenvalue weighted by molar-refractivity contribution is 7.89. The number of aryl methyl sites for hydroxylation is 1. The van der Waals surface area contributed by atoms with E-state index in [4.69, 9.17) is 5.73 Å². The van der Waals surface area contributed by atoms with E-state index in [9.17, 15) is 8.42 Å². The van der Waals surface area contributed by atoms with Gasteiger partial charge in [-0.05, 0) is 30.7 Å². The lowest BCUT2D eigenvalue weighted by Crippen LogP contribution is -2.31. The molecule has 20 heavy (non-hydrogen) atoms. The summed E-state index contributed by atoms with van der Waals surface area (Å²) >= 11 is 0. The number of nitrogens with two attached hydrogens (primary N) is 1. The number of nitrogens with one attached hydrogen (secondary N) is 1. The molecule has 1 aromatic heterocycles. The van der Waals surface area contributed by atoms with Crippen molar-refractivity contribution in [3.8, 4) is 0 Å². The van der Waals surface area contributed by atoms with Crippen molar-refractivity contribution in [1.82, 2.24) is 9.29 Å². The van der Waals surface area contributed by atoms with Crippen LogP contribution in [0.15, 0.2) is 17.2 Å². The molecule has 1 aromatic rings. The normalized spacial score (nSPS) is 23.9. The maximum Gasteiger partial charge on any atom is 0.242 e.